The molecule has 2 aromatic rings. The highest BCUT2D eigenvalue weighted by Crippen LogP contribution is 2.23. The van der Waals surface area contributed by atoms with Crippen molar-refractivity contribution < 1.29 is 0 Å². The van der Waals surface area contributed by atoms with Crippen LogP contribution in [0.15, 0.2) is 24.3 Å². The minimum atomic E-state index is 0.469. The summed E-state index contributed by atoms with van der Waals surface area (Å²) in [7, 11) is 1.98. The first-order chi connectivity index (χ1) is 8.11. The largest absolute Gasteiger partial charge is 0.316 e. The number of rotatable bonds is 3. The molecule has 1 aromatic heterocycles. The van der Waals surface area contributed by atoms with Crippen LogP contribution in [0.2, 0.25) is 0 Å². The molecule has 0 atom stereocenters. The van der Waals surface area contributed by atoms with Crippen LogP contribution in [0.1, 0.15) is 36.6 Å². The monoisotopic (exact) mass is 228 g/mol. The van der Waals surface area contributed by atoms with E-state index < -0.39 is 0 Å². The molecular formula is C15H20N2. The predicted octanol–water partition coefficient (Wildman–Crippen LogP) is 3.39. The fourth-order valence-electron chi connectivity index (χ4n) is 2.06. The second kappa shape index (κ2) is 4.84. The van der Waals surface area contributed by atoms with E-state index in [1.54, 1.807) is 0 Å². The number of aromatic nitrogens is 1. The van der Waals surface area contributed by atoms with Crippen molar-refractivity contribution >= 4 is 10.9 Å². The maximum absolute atomic E-state index is 4.73. The van der Waals surface area contributed by atoms with Gasteiger partial charge in [-0.25, -0.2) is 0 Å². The van der Waals surface area contributed by atoms with E-state index in [2.05, 4.69) is 50.4 Å². The van der Waals surface area contributed by atoms with Gasteiger partial charge >= 0.3 is 0 Å². The van der Waals surface area contributed by atoms with Gasteiger partial charge in [0.25, 0.3) is 0 Å². The third kappa shape index (κ3) is 2.47. The zero-order chi connectivity index (χ0) is 12.4. The SMILES string of the molecule is CNCc1cc(C(C)C)nc2ccc(C)cc12. The number of hydrogen-bond donors (Lipinski definition) is 1. The molecule has 1 heterocycles. The minimum Gasteiger partial charge on any atom is -0.316 e. The predicted molar refractivity (Wildman–Crippen MR) is 73.3 cm³/mol. The molecule has 1 N–H and O–H groups in total. The van der Waals surface area contributed by atoms with Crippen LogP contribution < -0.4 is 5.32 Å². The van der Waals surface area contributed by atoms with Crippen LogP contribution in [0, 0.1) is 6.92 Å². The Kier molecular flexibility index (Phi) is 3.43. The van der Waals surface area contributed by atoms with Crippen LogP contribution in [-0.4, -0.2) is 12.0 Å². The number of aryl methyl sites for hydroxylation is 1. The summed E-state index contributed by atoms with van der Waals surface area (Å²) in [4.78, 5) is 4.73. The molecule has 0 saturated heterocycles. The van der Waals surface area contributed by atoms with Gasteiger partial charge in [-0.05, 0) is 43.7 Å². The van der Waals surface area contributed by atoms with E-state index in [0.717, 1.165) is 12.1 Å². The highest BCUT2D eigenvalue weighted by molar-refractivity contribution is 5.83. The Balaban J connectivity index is 2.67. The second-order valence-electron chi connectivity index (χ2n) is 4.91. The van der Waals surface area contributed by atoms with Crippen LogP contribution in [0.5, 0.6) is 0 Å². The number of benzene rings is 1. The summed E-state index contributed by atoms with van der Waals surface area (Å²) >= 11 is 0. The lowest BCUT2D eigenvalue weighted by atomic mass is 10.0. The van der Waals surface area contributed by atoms with Crippen LogP contribution in [0.4, 0.5) is 0 Å². The van der Waals surface area contributed by atoms with Gasteiger partial charge in [0.05, 0.1) is 5.52 Å². The van der Waals surface area contributed by atoms with Crippen molar-refractivity contribution in [3.63, 3.8) is 0 Å². The molecule has 90 valence electrons. The molecule has 0 radical (unpaired) electrons. The maximum atomic E-state index is 4.73. The zero-order valence-electron chi connectivity index (χ0n) is 11.0. The van der Waals surface area contributed by atoms with Crippen molar-refractivity contribution in [3.8, 4) is 0 Å². The molecule has 0 aliphatic heterocycles. The molecule has 1 aromatic carbocycles. The van der Waals surface area contributed by atoms with Crippen molar-refractivity contribution in [1.82, 2.24) is 10.3 Å². The lowest BCUT2D eigenvalue weighted by Gasteiger charge is -2.12. The molecular weight excluding hydrogens is 208 g/mol. The van der Waals surface area contributed by atoms with E-state index in [9.17, 15) is 0 Å². The van der Waals surface area contributed by atoms with Gasteiger partial charge in [-0.15, -0.1) is 0 Å². The number of hydrogen-bond acceptors (Lipinski definition) is 2. The standard InChI is InChI=1S/C15H20N2/c1-10(2)15-8-12(9-16-4)13-7-11(3)5-6-14(13)17-15/h5-8,10,16H,9H2,1-4H3. The fraction of sp³-hybridized carbons (Fsp3) is 0.400. The molecule has 17 heavy (non-hydrogen) atoms. The first-order valence-corrected chi connectivity index (χ1v) is 6.16. The van der Waals surface area contributed by atoms with Crippen LogP contribution in [-0.2, 0) is 6.54 Å². The van der Waals surface area contributed by atoms with Gasteiger partial charge < -0.3 is 5.32 Å². The van der Waals surface area contributed by atoms with Crippen molar-refractivity contribution in [2.24, 2.45) is 0 Å². The molecule has 0 amide bonds. The summed E-state index contributed by atoms with van der Waals surface area (Å²) in [5.74, 6) is 0.469. The molecule has 0 fully saturated rings. The second-order valence-corrected chi connectivity index (χ2v) is 4.91. The van der Waals surface area contributed by atoms with E-state index in [0.29, 0.717) is 5.92 Å². The van der Waals surface area contributed by atoms with Crippen LogP contribution in [0.25, 0.3) is 10.9 Å². The normalized spacial score (nSPS) is 11.4. The smallest absolute Gasteiger partial charge is 0.0708 e. The lowest BCUT2D eigenvalue weighted by molar-refractivity contribution is 0.798. The molecule has 0 saturated carbocycles. The average molecular weight is 228 g/mol. The summed E-state index contributed by atoms with van der Waals surface area (Å²) in [6.07, 6.45) is 0. The number of pyridine rings is 1. The fourth-order valence-corrected chi connectivity index (χ4v) is 2.06. The van der Waals surface area contributed by atoms with Crippen molar-refractivity contribution in [1.29, 1.82) is 0 Å². The van der Waals surface area contributed by atoms with E-state index >= 15 is 0 Å². The summed E-state index contributed by atoms with van der Waals surface area (Å²) in [6, 6.07) is 8.69. The summed E-state index contributed by atoms with van der Waals surface area (Å²) in [5, 5.41) is 4.50. The number of fused-ring (bicyclic) bond motifs is 1. The molecule has 0 aliphatic carbocycles. The molecule has 0 spiro atoms. The van der Waals surface area contributed by atoms with Crippen molar-refractivity contribution in [2.45, 2.75) is 33.2 Å². The quantitative estimate of drug-likeness (QED) is 0.871. The average Bonchev–Trinajstić information content (AvgIpc) is 2.29. The van der Waals surface area contributed by atoms with Gasteiger partial charge in [0.1, 0.15) is 0 Å². The van der Waals surface area contributed by atoms with Crippen LogP contribution >= 0.6 is 0 Å². The minimum absolute atomic E-state index is 0.469. The number of nitrogens with one attached hydrogen (secondary N) is 1. The Morgan fingerprint density at radius 1 is 1.24 bits per heavy atom. The van der Waals surface area contributed by atoms with Crippen molar-refractivity contribution in [2.75, 3.05) is 7.05 Å². The first kappa shape index (κ1) is 12.1. The molecule has 2 rings (SSSR count). The highest BCUT2D eigenvalue weighted by Gasteiger charge is 2.08. The zero-order valence-corrected chi connectivity index (χ0v) is 11.0. The molecule has 0 bridgehead atoms. The molecule has 2 nitrogen and oxygen atoms in total. The van der Waals surface area contributed by atoms with Crippen molar-refractivity contribution in [3.05, 3.63) is 41.1 Å². The molecule has 0 aliphatic rings. The summed E-state index contributed by atoms with van der Waals surface area (Å²) in [5.41, 5.74) is 4.90. The lowest BCUT2D eigenvalue weighted by Crippen LogP contribution is -2.07. The number of nitrogens with zero attached hydrogens (tertiary/aromatic N) is 1. The maximum Gasteiger partial charge on any atom is 0.0708 e. The Bertz CT molecular complexity index is 530. The van der Waals surface area contributed by atoms with E-state index in [-0.39, 0.29) is 0 Å². The first-order valence-electron chi connectivity index (χ1n) is 6.16. The topological polar surface area (TPSA) is 24.9 Å². The van der Waals surface area contributed by atoms with Gasteiger partial charge in [-0.1, -0.05) is 25.5 Å². The Morgan fingerprint density at radius 3 is 2.65 bits per heavy atom. The van der Waals surface area contributed by atoms with Gasteiger partial charge in [-0.3, -0.25) is 4.98 Å². The Hall–Kier alpha value is -1.41. The van der Waals surface area contributed by atoms with Gasteiger partial charge in [0, 0.05) is 17.6 Å². The van der Waals surface area contributed by atoms with E-state index in [4.69, 9.17) is 4.98 Å². The van der Waals surface area contributed by atoms with Gasteiger partial charge in [0.2, 0.25) is 0 Å². The molecule has 0 unspecified atom stereocenters. The molecule has 2 heteroatoms. The summed E-state index contributed by atoms with van der Waals surface area (Å²) < 4.78 is 0. The Morgan fingerprint density at radius 2 is 2.00 bits per heavy atom. The third-order valence-electron chi connectivity index (χ3n) is 3.03. The van der Waals surface area contributed by atoms with Gasteiger partial charge in [-0.2, -0.15) is 0 Å². The van der Waals surface area contributed by atoms with E-state index in [1.165, 1.54) is 22.2 Å². The Labute approximate surface area is 103 Å². The summed E-state index contributed by atoms with van der Waals surface area (Å²) in [6.45, 7) is 7.39. The van der Waals surface area contributed by atoms with Gasteiger partial charge in [0.15, 0.2) is 0 Å². The van der Waals surface area contributed by atoms with Crippen LogP contribution in [0.3, 0.4) is 0 Å². The third-order valence-corrected chi connectivity index (χ3v) is 3.03. The highest BCUT2D eigenvalue weighted by atomic mass is 14.8. The van der Waals surface area contributed by atoms with E-state index in [1.807, 2.05) is 7.05 Å².